The lowest BCUT2D eigenvalue weighted by molar-refractivity contribution is 0.438. The van der Waals surface area contributed by atoms with E-state index in [0.29, 0.717) is 18.4 Å². The zero-order valence-electron chi connectivity index (χ0n) is 8.50. The number of benzene rings is 1. The van der Waals surface area contributed by atoms with Crippen molar-refractivity contribution in [2.45, 2.75) is 6.42 Å². The number of nitrogens with two attached hydrogens (primary N) is 1. The summed E-state index contributed by atoms with van der Waals surface area (Å²) in [6.45, 7) is 0.481. The molecule has 3 N–H and O–H groups in total. The molecule has 0 radical (unpaired) electrons. The van der Waals surface area contributed by atoms with Crippen molar-refractivity contribution in [3.63, 3.8) is 0 Å². The van der Waals surface area contributed by atoms with E-state index in [1.807, 2.05) is 17.8 Å². The maximum absolute atomic E-state index is 13.2. The number of halogens is 1. The van der Waals surface area contributed by atoms with Gasteiger partial charge in [-0.15, -0.1) is 0 Å². The Labute approximate surface area is 86.9 Å². The molecule has 0 amide bonds. The zero-order valence-corrected chi connectivity index (χ0v) is 8.50. The first-order valence-electron chi connectivity index (χ1n) is 4.80. The van der Waals surface area contributed by atoms with Gasteiger partial charge in [-0.05, 0) is 30.7 Å². The summed E-state index contributed by atoms with van der Waals surface area (Å²) >= 11 is 0. The van der Waals surface area contributed by atoms with E-state index in [4.69, 9.17) is 5.73 Å². The summed E-state index contributed by atoms with van der Waals surface area (Å²) in [7, 11) is 1.86. The Hall–Kier alpha value is -1.55. The minimum Gasteiger partial charge on any atom is -0.504 e. The Balaban J connectivity index is 2.77. The summed E-state index contributed by atoms with van der Waals surface area (Å²) in [5.41, 5.74) is 7.16. The van der Waals surface area contributed by atoms with E-state index in [1.165, 1.54) is 6.07 Å². The Kier molecular flexibility index (Phi) is 2.36. The molecule has 0 fully saturated rings. The minimum absolute atomic E-state index is 0.281. The molecule has 3 nitrogen and oxygen atoms in total. The topological polar surface area (TPSA) is 51.2 Å². The van der Waals surface area contributed by atoms with Gasteiger partial charge < -0.3 is 15.4 Å². The fourth-order valence-corrected chi connectivity index (χ4v) is 1.88. The highest BCUT2D eigenvalue weighted by Gasteiger charge is 2.13. The van der Waals surface area contributed by atoms with Gasteiger partial charge in [0.25, 0.3) is 0 Å². The zero-order chi connectivity index (χ0) is 11.0. The number of hydrogen-bond acceptors (Lipinski definition) is 2. The van der Waals surface area contributed by atoms with Crippen LogP contribution in [0.2, 0.25) is 0 Å². The van der Waals surface area contributed by atoms with E-state index in [0.717, 1.165) is 11.1 Å². The first kappa shape index (κ1) is 9.98. The van der Waals surface area contributed by atoms with Crippen LogP contribution < -0.4 is 5.73 Å². The molecule has 0 unspecified atom stereocenters. The lowest BCUT2D eigenvalue weighted by atomic mass is 10.1. The van der Waals surface area contributed by atoms with Crippen molar-refractivity contribution in [2.24, 2.45) is 12.8 Å². The maximum atomic E-state index is 13.2. The number of phenolic OH excluding ortho intramolecular Hbond substituents is 1. The van der Waals surface area contributed by atoms with Crippen molar-refractivity contribution < 1.29 is 9.50 Å². The smallest absolute Gasteiger partial charge is 0.165 e. The van der Waals surface area contributed by atoms with Gasteiger partial charge in [0.1, 0.15) is 0 Å². The molecule has 15 heavy (non-hydrogen) atoms. The summed E-state index contributed by atoms with van der Waals surface area (Å²) < 4.78 is 15.0. The molecule has 0 bridgehead atoms. The second-order valence-corrected chi connectivity index (χ2v) is 3.59. The van der Waals surface area contributed by atoms with Crippen molar-refractivity contribution in [1.29, 1.82) is 0 Å². The molecule has 1 aromatic carbocycles. The molecule has 2 rings (SSSR count). The van der Waals surface area contributed by atoms with Gasteiger partial charge in [-0.1, -0.05) is 0 Å². The first-order valence-corrected chi connectivity index (χ1v) is 4.80. The third-order valence-corrected chi connectivity index (χ3v) is 2.57. The second-order valence-electron chi connectivity index (χ2n) is 3.59. The van der Waals surface area contributed by atoms with Crippen LogP contribution in [0.25, 0.3) is 10.9 Å². The van der Waals surface area contributed by atoms with E-state index in [-0.39, 0.29) is 5.75 Å². The normalized spacial score (nSPS) is 11.1. The number of fused-ring (bicyclic) bond motifs is 1. The SMILES string of the molecule is Cn1cc(CCN)c2c(O)c(F)ccc21. The molecule has 0 saturated heterocycles. The fraction of sp³-hybridized carbons (Fsp3) is 0.273. The van der Waals surface area contributed by atoms with Crippen LogP contribution in [0.5, 0.6) is 5.75 Å². The molecule has 4 heteroatoms. The molecule has 2 aromatic rings. The minimum atomic E-state index is -0.591. The highest BCUT2D eigenvalue weighted by molar-refractivity contribution is 5.89. The van der Waals surface area contributed by atoms with Crippen LogP contribution in [0.15, 0.2) is 18.3 Å². The third-order valence-electron chi connectivity index (χ3n) is 2.57. The number of rotatable bonds is 2. The van der Waals surface area contributed by atoms with Gasteiger partial charge in [0.2, 0.25) is 0 Å². The van der Waals surface area contributed by atoms with Gasteiger partial charge in [0.05, 0.1) is 5.52 Å². The molecular weight excluding hydrogens is 195 g/mol. The lowest BCUT2D eigenvalue weighted by Gasteiger charge is -2.01. The third kappa shape index (κ3) is 1.47. The number of hydrogen-bond donors (Lipinski definition) is 2. The van der Waals surface area contributed by atoms with Crippen molar-refractivity contribution in [3.8, 4) is 5.75 Å². The van der Waals surface area contributed by atoms with Gasteiger partial charge in [0.15, 0.2) is 11.6 Å². The Morgan fingerprint density at radius 3 is 2.87 bits per heavy atom. The second kappa shape index (κ2) is 3.55. The summed E-state index contributed by atoms with van der Waals surface area (Å²) in [6.07, 6.45) is 2.50. The Morgan fingerprint density at radius 2 is 2.20 bits per heavy atom. The van der Waals surface area contributed by atoms with Crippen molar-refractivity contribution >= 4 is 10.9 Å². The number of aromatic nitrogens is 1. The number of aryl methyl sites for hydroxylation is 1. The van der Waals surface area contributed by atoms with E-state index < -0.39 is 5.82 Å². The van der Waals surface area contributed by atoms with Gasteiger partial charge in [-0.2, -0.15) is 0 Å². The molecule has 80 valence electrons. The summed E-state index contributed by atoms with van der Waals surface area (Å²) in [6, 6.07) is 2.92. The van der Waals surface area contributed by atoms with E-state index >= 15 is 0 Å². The van der Waals surface area contributed by atoms with Crippen LogP contribution in [0.3, 0.4) is 0 Å². The van der Waals surface area contributed by atoms with Crippen LogP contribution in [0, 0.1) is 5.82 Å². The van der Waals surface area contributed by atoms with Crippen LogP contribution in [-0.4, -0.2) is 16.2 Å². The average molecular weight is 208 g/mol. The van der Waals surface area contributed by atoms with Gasteiger partial charge in [-0.25, -0.2) is 4.39 Å². The largest absolute Gasteiger partial charge is 0.504 e. The summed E-state index contributed by atoms with van der Waals surface area (Å²) in [5, 5.41) is 10.2. The molecule has 0 saturated carbocycles. The van der Waals surface area contributed by atoms with Crippen LogP contribution >= 0.6 is 0 Å². The number of phenols is 1. The van der Waals surface area contributed by atoms with Crippen molar-refractivity contribution in [3.05, 3.63) is 29.7 Å². The molecule has 1 heterocycles. The predicted molar refractivity (Wildman–Crippen MR) is 57.3 cm³/mol. The van der Waals surface area contributed by atoms with E-state index in [1.54, 1.807) is 6.07 Å². The molecule has 0 aliphatic rings. The number of nitrogens with zero attached hydrogens (tertiary/aromatic N) is 1. The average Bonchev–Trinajstić information content (AvgIpc) is 2.51. The van der Waals surface area contributed by atoms with Crippen molar-refractivity contribution in [1.82, 2.24) is 4.57 Å². The standard InChI is InChI=1S/C11H13FN2O/c1-14-6-7(4-5-13)10-9(14)3-2-8(12)11(10)15/h2-3,6,15H,4-5,13H2,1H3. The quantitative estimate of drug-likeness (QED) is 0.786. The highest BCUT2D eigenvalue weighted by atomic mass is 19.1. The molecule has 0 atom stereocenters. The van der Waals surface area contributed by atoms with Crippen LogP contribution in [-0.2, 0) is 13.5 Å². The van der Waals surface area contributed by atoms with E-state index in [9.17, 15) is 9.50 Å². The predicted octanol–water partition coefficient (Wildman–Crippen LogP) is 1.52. The highest BCUT2D eigenvalue weighted by Crippen LogP contribution is 2.31. The molecule has 0 aliphatic carbocycles. The Morgan fingerprint density at radius 1 is 1.47 bits per heavy atom. The Bertz CT molecular complexity index is 505. The van der Waals surface area contributed by atoms with Crippen LogP contribution in [0.1, 0.15) is 5.56 Å². The van der Waals surface area contributed by atoms with Gasteiger partial charge >= 0.3 is 0 Å². The van der Waals surface area contributed by atoms with Gasteiger partial charge in [-0.3, -0.25) is 0 Å². The van der Waals surface area contributed by atoms with Crippen LogP contribution in [0.4, 0.5) is 4.39 Å². The molecular formula is C11H13FN2O. The lowest BCUT2D eigenvalue weighted by Crippen LogP contribution is -2.02. The first-order chi connectivity index (χ1) is 7.15. The maximum Gasteiger partial charge on any atom is 0.165 e. The van der Waals surface area contributed by atoms with Crippen molar-refractivity contribution in [2.75, 3.05) is 6.54 Å². The van der Waals surface area contributed by atoms with E-state index in [2.05, 4.69) is 0 Å². The number of aromatic hydroxyl groups is 1. The fourth-order valence-electron chi connectivity index (χ4n) is 1.88. The molecule has 0 spiro atoms. The summed E-state index contributed by atoms with van der Waals surface area (Å²) in [4.78, 5) is 0. The molecule has 0 aliphatic heterocycles. The summed E-state index contributed by atoms with van der Waals surface area (Å²) in [5.74, 6) is -0.872. The van der Waals surface area contributed by atoms with Gasteiger partial charge in [0, 0.05) is 18.6 Å². The molecule has 1 aromatic heterocycles. The monoisotopic (exact) mass is 208 g/mol.